The fourth-order valence-electron chi connectivity index (χ4n) is 2.60. The molecule has 1 heterocycles. The van der Waals surface area contributed by atoms with Crippen molar-refractivity contribution in [1.29, 1.82) is 0 Å². The summed E-state index contributed by atoms with van der Waals surface area (Å²) in [5.41, 5.74) is 7.03. The molecule has 1 aliphatic heterocycles. The van der Waals surface area contributed by atoms with Gasteiger partial charge >= 0.3 is 0 Å². The number of Topliss-reactive ketones (excluding diaryl/α,β-unsaturated/α-hetero) is 1. The number of carbonyl (C=O) groups is 2. The predicted octanol–water partition coefficient (Wildman–Crippen LogP) is 1.40. The van der Waals surface area contributed by atoms with E-state index in [0.717, 1.165) is 13.1 Å². The van der Waals surface area contributed by atoms with Gasteiger partial charge < -0.3 is 15.4 Å². The topological polar surface area (TPSA) is 75.9 Å². The van der Waals surface area contributed by atoms with Crippen molar-refractivity contribution in [2.24, 2.45) is 0 Å². The summed E-state index contributed by atoms with van der Waals surface area (Å²) in [6, 6.07) is 5.17. The molecule has 6 heteroatoms. The summed E-state index contributed by atoms with van der Waals surface area (Å²) in [5, 5.41) is 0. The van der Waals surface area contributed by atoms with E-state index in [1.165, 1.54) is 0 Å². The maximum atomic E-state index is 12.4. The molecule has 0 unspecified atom stereocenters. The van der Waals surface area contributed by atoms with Gasteiger partial charge in [0, 0.05) is 38.7 Å². The van der Waals surface area contributed by atoms with Gasteiger partial charge in [0.25, 0.3) is 0 Å². The molecular formula is C17H25N3O3. The van der Waals surface area contributed by atoms with Crippen LogP contribution < -0.4 is 10.5 Å². The zero-order valence-corrected chi connectivity index (χ0v) is 14.0. The molecular weight excluding hydrogens is 294 g/mol. The Balaban J connectivity index is 1.94. The number of nitrogens with zero attached hydrogens (tertiary/aromatic N) is 2. The Labute approximate surface area is 137 Å². The van der Waals surface area contributed by atoms with Crippen molar-refractivity contribution in [2.45, 2.75) is 26.9 Å². The minimum atomic E-state index is 0.0315. The summed E-state index contributed by atoms with van der Waals surface area (Å²) in [5.74, 6) is 0.722. The number of nitrogen functional groups attached to an aromatic ring is 1. The summed E-state index contributed by atoms with van der Waals surface area (Å²) in [6.07, 6.45) is 0.0384. The Kier molecular flexibility index (Phi) is 5.60. The van der Waals surface area contributed by atoms with Crippen LogP contribution >= 0.6 is 0 Å². The van der Waals surface area contributed by atoms with Gasteiger partial charge in [0.05, 0.1) is 18.3 Å². The Morgan fingerprint density at radius 1 is 1.22 bits per heavy atom. The lowest BCUT2D eigenvalue weighted by Crippen LogP contribution is -2.49. The molecule has 0 aliphatic carbocycles. The van der Waals surface area contributed by atoms with Crippen LogP contribution in [0.3, 0.4) is 0 Å². The molecule has 1 amide bonds. The molecule has 2 N–H and O–H groups in total. The average Bonchev–Trinajstić information content (AvgIpc) is 2.49. The summed E-state index contributed by atoms with van der Waals surface area (Å²) in [6.45, 7) is 8.56. The van der Waals surface area contributed by atoms with Crippen LogP contribution in [0.1, 0.15) is 31.1 Å². The fraction of sp³-hybridized carbons (Fsp3) is 0.529. The molecule has 1 aromatic rings. The number of nitrogens with two attached hydrogens (primary N) is 1. The van der Waals surface area contributed by atoms with Gasteiger partial charge in [0.15, 0.2) is 5.78 Å². The molecule has 6 nitrogen and oxygen atoms in total. The van der Waals surface area contributed by atoms with Gasteiger partial charge in [-0.1, -0.05) is 0 Å². The van der Waals surface area contributed by atoms with Crippen molar-refractivity contribution in [3.05, 3.63) is 23.8 Å². The number of benzene rings is 1. The van der Waals surface area contributed by atoms with E-state index < -0.39 is 0 Å². The summed E-state index contributed by atoms with van der Waals surface area (Å²) in [7, 11) is 0. The second-order valence-corrected chi connectivity index (χ2v) is 6.12. The third kappa shape index (κ3) is 4.69. The van der Waals surface area contributed by atoms with Crippen LogP contribution in [0.5, 0.6) is 5.75 Å². The molecule has 2 rings (SSSR count). The van der Waals surface area contributed by atoms with E-state index in [-0.39, 0.29) is 17.8 Å². The summed E-state index contributed by atoms with van der Waals surface area (Å²) in [4.78, 5) is 27.6. The smallest absolute Gasteiger partial charge is 0.219 e. The minimum Gasteiger partial charge on any atom is -0.489 e. The molecule has 0 saturated carbocycles. The van der Waals surface area contributed by atoms with E-state index in [1.807, 2.05) is 13.8 Å². The number of piperazine rings is 1. The third-order valence-electron chi connectivity index (χ3n) is 3.88. The molecule has 0 radical (unpaired) electrons. The van der Waals surface area contributed by atoms with E-state index in [2.05, 4.69) is 4.90 Å². The number of ether oxygens (including phenoxy) is 1. The first-order chi connectivity index (χ1) is 10.9. The van der Waals surface area contributed by atoms with E-state index in [1.54, 1.807) is 30.0 Å². The van der Waals surface area contributed by atoms with Crippen LogP contribution in [0.25, 0.3) is 0 Å². The van der Waals surface area contributed by atoms with Gasteiger partial charge in [-0.3, -0.25) is 14.5 Å². The SMILES string of the molecule is CC(=O)N1CCN(CC(=O)c2ccc(OC(C)C)c(N)c2)CC1. The molecule has 0 spiro atoms. The Morgan fingerprint density at radius 2 is 1.87 bits per heavy atom. The van der Waals surface area contributed by atoms with Crippen LogP contribution in [0.4, 0.5) is 5.69 Å². The zero-order chi connectivity index (χ0) is 17.0. The number of rotatable bonds is 5. The van der Waals surface area contributed by atoms with Gasteiger partial charge in [-0.25, -0.2) is 0 Å². The second-order valence-electron chi connectivity index (χ2n) is 6.12. The predicted molar refractivity (Wildman–Crippen MR) is 89.6 cm³/mol. The number of hydrogen-bond donors (Lipinski definition) is 1. The standard InChI is InChI=1S/C17H25N3O3/c1-12(2)23-17-5-4-14(10-15(17)18)16(22)11-19-6-8-20(9-7-19)13(3)21/h4-5,10,12H,6-9,11,18H2,1-3H3. The highest BCUT2D eigenvalue weighted by Gasteiger charge is 2.21. The second kappa shape index (κ2) is 7.46. The molecule has 0 aromatic heterocycles. The van der Waals surface area contributed by atoms with Gasteiger partial charge in [-0.15, -0.1) is 0 Å². The van der Waals surface area contributed by atoms with Crippen LogP contribution in [-0.4, -0.2) is 60.3 Å². The van der Waals surface area contributed by atoms with Crippen LogP contribution in [0.2, 0.25) is 0 Å². The maximum absolute atomic E-state index is 12.4. The van der Waals surface area contributed by atoms with Crippen LogP contribution in [-0.2, 0) is 4.79 Å². The van der Waals surface area contributed by atoms with Crippen molar-refractivity contribution >= 4 is 17.4 Å². The third-order valence-corrected chi connectivity index (χ3v) is 3.88. The minimum absolute atomic E-state index is 0.0315. The number of anilines is 1. The lowest BCUT2D eigenvalue weighted by Gasteiger charge is -2.33. The van der Waals surface area contributed by atoms with Crippen molar-refractivity contribution in [2.75, 3.05) is 38.5 Å². The van der Waals surface area contributed by atoms with Crippen molar-refractivity contribution in [1.82, 2.24) is 9.80 Å². The largest absolute Gasteiger partial charge is 0.489 e. The molecule has 0 atom stereocenters. The highest BCUT2D eigenvalue weighted by molar-refractivity contribution is 5.98. The van der Waals surface area contributed by atoms with E-state index in [0.29, 0.717) is 36.6 Å². The Morgan fingerprint density at radius 3 is 2.39 bits per heavy atom. The molecule has 1 saturated heterocycles. The monoisotopic (exact) mass is 319 g/mol. The lowest BCUT2D eigenvalue weighted by molar-refractivity contribution is -0.130. The quantitative estimate of drug-likeness (QED) is 0.656. The highest BCUT2D eigenvalue weighted by atomic mass is 16.5. The van der Waals surface area contributed by atoms with Crippen molar-refractivity contribution in [3.8, 4) is 5.75 Å². The Bertz CT molecular complexity index is 578. The van der Waals surface area contributed by atoms with Gasteiger partial charge in [-0.2, -0.15) is 0 Å². The lowest BCUT2D eigenvalue weighted by atomic mass is 10.1. The number of ketones is 1. The van der Waals surface area contributed by atoms with Gasteiger partial charge in [0.1, 0.15) is 5.75 Å². The average molecular weight is 319 g/mol. The summed E-state index contributed by atoms with van der Waals surface area (Å²) < 4.78 is 5.58. The first-order valence-electron chi connectivity index (χ1n) is 7.94. The highest BCUT2D eigenvalue weighted by Crippen LogP contribution is 2.24. The summed E-state index contributed by atoms with van der Waals surface area (Å²) >= 11 is 0. The van der Waals surface area contributed by atoms with Crippen molar-refractivity contribution in [3.63, 3.8) is 0 Å². The number of carbonyl (C=O) groups excluding carboxylic acids is 2. The van der Waals surface area contributed by atoms with Crippen molar-refractivity contribution < 1.29 is 14.3 Å². The molecule has 1 fully saturated rings. The first-order valence-corrected chi connectivity index (χ1v) is 7.94. The molecule has 0 bridgehead atoms. The first kappa shape index (κ1) is 17.3. The van der Waals surface area contributed by atoms with Crippen LogP contribution in [0, 0.1) is 0 Å². The van der Waals surface area contributed by atoms with Gasteiger partial charge in [-0.05, 0) is 32.0 Å². The molecule has 126 valence electrons. The van der Waals surface area contributed by atoms with E-state index in [4.69, 9.17) is 10.5 Å². The Hall–Kier alpha value is -2.08. The van der Waals surface area contributed by atoms with Crippen LogP contribution in [0.15, 0.2) is 18.2 Å². The van der Waals surface area contributed by atoms with E-state index >= 15 is 0 Å². The molecule has 1 aliphatic rings. The van der Waals surface area contributed by atoms with E-state index in [9.17, 15) is 9.59 Å². The number of hydrogen-bond acceptors (Lipinski definition) is 5. The van der Waals surface area contributed by atoms with Gasteiger partial charge in [0.2, 0.25) is 5.91 Å². The maximum Gasteiger partial charge on any atom is 0.219 e. The number of amides is 1. The molecule has 23 heavy (non-hydrogen) atoms. The zero-order valence-electron chi connectivity index (χ0n) is 14.0. The normalized spacial score (nSPS) is 15.7. The molecule has 1 aromatic carbocycles. The fourth-order valence-corrected chi connectivity index (χ4v) is 2.60.